The molecule has 4 nitrogen and oxygen atoms in total. The Morgan fingerprint density at radius 2 is 1.69 bits per heavy atom. The molecule has 1 aliphatic heterocycles. The minimum Gasteiger partial charge on any atom is -0.497 e. The molecule has 0 bridgehead atoms. The summed E-state index contributed by atoms with van der Waals surface area (Å²) in [7, 11) is 1.66. The van der Waals surface area contributed by atoms with Crippen molar-refractivity contribution in [2.24, 2.45) is 0 Å². The van der Waals surface area contributed by atoms with E-state index in [1.165, 1.54) is 0 Å². The summed E-state index contributed by atoms with van der Waals surface area (Å²) in [5, 5.41) is 9.14. The van der Waals surface area contributed by atoms with Crippen molar-refractivity contribution in [3.8, 4) is 5.75 Å². The van der Waals surface area contributed by atoms with Crippen molar-refractivity contribution < 1.29 is 9.53 Å². The number of thiocarbonyl (C=S) groups is 1. The lowest BCUT2D eigenvalue weighted by Gasteiger charge is -2.31. The summed E-state index contributed by atoms with van der Waals surface area (Å²) in [5.74, 6) is 0.820. The Balaban J connectivity index is 1.85. The number of nitrogens with one attached hydrogen (secondary N) is 2. The normalized spacial score (nSPS) is 16.4. The van der Waals surface area contributed by atoms with Crippen LogP contribution in [0.4, 0.5) is 0 Å². The van der Waals surface area contributed by atoms with Crippen LogP contribution >= 0.6 is 12.2 Å². The molecule has 5 heteroatoms. The Hall–Kier alpha value is -3.18. The summed E-state index contributed by atoms with van der Waals surface area (Å²) < 4.78 is 5.31. The van der Waals surface area contributed by atoms with E-state index in [4.69, 9.17) is 17.0 Å². The molecule has 1 atom stereocenters. The Labute approximate surface area is 175 Å². The first-order valence-electron chi connectivity index (χ1n) is 9.43. The van der Waals surface area contributed by atoms with E-state index in [0.29, 0.717) is 10.7 Å². The zero-order valence-electron chi connectivity index (χ0n) is 16.6. The topological polar surface area (TPSA) is 50.4 Å². The van der Waals surface area contributed by atoms with E-state index in [-0.39, 0.29) is 11.8 Å². The van der Waals surface area contributed by atoms with Gasteiger partial charge in [0.15, 0.2) is 10.9 Å². The van der Waals surface area contributed by atoms with Crippen molar-refractivity contribution in [3.63, 3.8) is 0 Å². The lowest BCUT2D eigenvalue weighted by molar-refractivity contribution is -0.113. The average molecular weight is 403 g/mol. The van der Waals surface area contributed by atoms with Crippen LogP contribution in [-0.2, 0) is 4.79 Å². The number of methoxy groups -OCH3 is 1. The van der Waals surface area contributed by atoms with Crippen LogP contribution in [0.15, 0.2) is 66.2 Å². The van der Waals surface area contributed by atoms with E-state index in [9.17, 15) is 4.79 Å². The van der Waals surface area contributed by atoms with Crippen molar-refractivity contribution in [2.45, 2.75) is 19.9 Å². The van der Waals surface area contributed by atoms with Gasteiger partial charge in [-0.3, -0.25) is 4.79 Å². The maximum absolute atomic E-state index is 12.7. The van der Waals surface area contributed by atoms with E-state index in [1.807, 2.05) is 61.5 Å². The maximum atomic E-state index is 12.7. The molecule has 0 fully saturated rings. The van der Waals surface area contributed by atoms with E-state index in [0.717, 1.165) is 38.9 Å². The molecule has 29 heavy (non-hydrogen) atoms. The molecule has 0 saturated carbocycles. The third kappa shape index (κ3) is 3.74. The quantitative estimate of drug-likeness (QED) is 0.621. The predicted molar refractivity (Wildman–Crippen MR) is 121 cm³/mol. The molecule has 2 N–H and O–H groups in total. The number of Topliss-reactive ketones (excluding diaryl/α,β-unsaturated/α-hetero) is 1. The molecular weight excluding hydrogens is 380 g/mol. The van der Waals surface area contributed by atoms with Crippen LogP contribution in [0.25, 0.3) is 16.5 Å². The fourth-order valence-corrected chi connectivity index (χ4v) is 3.91. The van der Waals surface area contributed by atoms with Crippen LogP contribution in [-0.4, -0.2) is 18.0 Å². The van der Waals surface area contributed by atoms with E-state index >= 15 is 0 Å². The highest BCUT2D eigenvalue weighted by molar-refractivity contribution is 7.80. The molecule has 1 aliphatic rings. The number of hydrogen-bond acceptors (Lipinski definition) is 3. The Kier molecular flexibility index (Phi) is 5.07. The molecule has 0 aliphatic carbocycles. The fraction of sp³-hybridized carbons (Fsp3) is 0.167. The van der Waals surface area contributed by atoms with Gasteiger partial charge < -0.3 is 15.4 Å². The molecule has 0 aromatic heterocycles. The molecule has 146 valence electrons. The largest absolute Gasteiger partial charge is 0.497 e. The van der Waals surface area contributed by atoms with Gasteiger partial charge >= 0.3 is 0 Å². The fourth-order valence-electron chi connectivity index (χ4n) is 3.69. The first-order chi connectivity index (χ1) is 14.0. The first kappa shape index (κ1) is 19.2. The Morgan fingerprint density at radius 3 is 2.38 bits per heavy atom. The lowest BCUT2D eigenvalue weighted by atomic mass is 9.89. The average Bonchev–Trinajstić information content (AvgIpc) is 2.72. The monoisotopic (exact) mass is 402 g/mol. The van der Waals surface area contributed by atoms with Gasteiger partial charge in [-0.05, 0) is 66.2 Å². The zero-order chi connectivity index (χ0) is 20.5. The van der Waals surface area contributed by atoms with E-state index in [1.54, 1.807) is 14.0 Å². The highest BCUT2D eigenvalue weighted by Crippen LogP contribution is 2.33. The summed E-state index contributed by atoms with van der Waals surface area (Å²) >= 11 is 5.47. The summed E-state index contributed by atoms with van der Waals surface area (Å²) in [6, 6.07) is 19.9. The molecule has 3 aromatic rings. The first-order valence-corrected chi connectivity index (χ1v) is 9.84. The SMILES string of the molecule is COc1ccc2cc([C@@H]3NC(=S)NC(c4ccc(C)cc4)=C3C(C)=O)ccc2c1. The zero-order valence-corrected chi connectivity index (χ0v) is 17.4. The van der Waals surface area contributed by atoms with Crippen molar-refractivity contribution >= 4 is 39.6 Å². The van der Waals surface area contributed by atoms with Gasteiger partial charge in [0.05, 0.1) is 18.8 Å². The molecule has 0 amide bonds. The maximum Gasteiger partial charge on any atom is 0.171 e. The van der Waals surface area contributed by atoms with Crippen molar-refractivity contribution in [1.82, 2.24) is 10.6 Å². The van der Waals surface area contributed by atoms with Crippen LogP contribution < -0.4 is 15.4 Å². The van der Waals surface area contributed by atoms with Crippen LogP contribution in [0.2, 0.25) is 0 Å². The predicted octanol–water partition coefficient (Wildman–Crippen LogP) is 4.68. The number of carbonyl (C=O) groups is 1. The van der Waals surface area contributed by atoms with Crippen molar-refractivity contribution in [2.75, 3.05) is 7.11 Å². The molecule has 0 radical (unpaired) electrons. The number of ketones is 1. The minimum atomic E-state index is -0.316. The summed E-state index contributed by atoms with van der Waals surface area (Å²) in [4.78, 5) is 12.7. The second kappa shape index (κ2) is 7.68. The van der Waals surface area contributed by atoms with Crippen LogP contribution in [0.3, 0.4) is 0 Å². The van der Waals surface area contributed by atoms with E-state index in [2.05, 4.69) is 16.7 Å². The molecule has 0 spiro atoms. The summed E-state index contributed by atoms with van der Waals surface area (Å²) in [5.41, 5.74) is 4.54. The second-order valence-corrected chi connectivity index (χ2v) is 7.62. The summed E-state index contributed by atoms with van der Waals surface area (Å²) in [6.07, 6.45) is 0. The molecule has 4 rings (SSSR count). The van der Waals surface area contributed by atoms with Gasteiger partial charge in [0.2, 0.25) is 0 Å². The highest BCUT2D eigenvalue weighted by atomic mass is 32.1. The van der Waals surface area contributed by atoms with Gasteiger partial charge in [-0.1, -0.05) is 48.0 Å². The second-order valence-electron chi connectivity index (χ2n) is 7.21. The van der Waals surface area contributed by atoms with Crippen molar-refractivity contribution in [1.29, 1.82) is 0 Å². The number of aryl methyl sites for hydroxylation is 1. The van der Waals surface area contributed by atoms with Crippen LogP contribution in [0, 0.1) is 6.92 Å². The van der Waals surface area contributed by atoms with E-state index < -0.39 is 0 Å². The lowest BCUT2D eigenvalue weighted by Crippen LogP contribution is -2.44. The van der Waals surface area contributed by atoms with Crippen molar-refractivity contribution in [3.05, 3.63) is 82.9 Å². The number of ether oxygens (including phenoxy) is 1. The third-order valence-corrected chi connectivity index (χ3v) is 5.42. The van der Waals surface area contributed by atoms with Gasteiger partial charge in [-0.15, -0.1) is 0 Å². The molecule has 0 saturated heterocycles. The van der Waals surface area contributed by atoms with Gasteiger partial charge in [-0.25, -0.2) is 0 Å². The van der Waals surface area contributed by atoms with Crippen LogP contribution in [0.1, 0.15) is 29.7 Å². The Morgan fingerprint density at radius 1 is 1.00 bits per heavy atom. The smallest absolute Gasteiger partial charge is 0.171 e. The van der Waals surface area contributed by atoms with Gasteiger partial charge in [0.1, 0.15) is 5.75 Å². The standard InChI is InChI=1S/C24H22N2O2S/c1-14-4-6-16(7-5-14)22-21(15(2)27)23(26-24(29)25-22)19-9-8-18-13-20(28-3)11-10-17(18)12-19/h4-13,23H,1-3H3,(H2,25,26,29)/t23-/m0/s1. The molecule has 0 unspecified atom stereocenters. The highest BCUT2D eigenvalue weighted by Gasteiger charge is 2.30. The number of carbonyl (C=O) groups excluding carboxylic acids is 1. The minimum absolute atomic E-state index is 0.00269. The Bertz CT molecular complexity index is 1150. The number of hydrogen-bond donors (Lipinski definition) is 2. The molecule has 3 aromatic carbocycles. The third-order valence-electron chi connectivity index (χ3n) is 5.20. The molecular formula is C24H22N2O2S. The molecule has 1 heterocycles. The van der Waals surface area contributed by atoms with Gasteiger partial charge in [0.25, 0.3) is 0 Å². The number of rotatable bonds is 4. The van der Waals surface area contributed by atoms with Crippen LogP contribution in [0.5, 0.6) is 5.75 Å². The number of benzene rings is 3. The number of fused-ring (bicyclic) bond motifs is 1. The van der Waals surface area contributed by atoms with Gasteiger partial charge in [0, 0.05) is 5.57 Å². The van der Waals surface area contributed by atoms with Gasteiger partial charge in [-0.2, -0.15) is 0 Å². The summed E-state index contributed by atoms with van der Waals surface area (Å²) in [6.45, 7) is 3.64.